The van der Waals surface area contributed by atoms with Gasteiger partial charge in [0.05, 0.1) is 5.56 Å². The van der Waals surface area contributed by atoms with E-state index < -0.39 is 5.97 Å². The van der Waals surface area contributed by atoms with Crippen LogP contribution in [0.1, 0.15) is 40.3 Å². The SMILES string of the molecule is CCc1ccc2c(c1)c(C(C)=O)c(C(=O)O)n2C. The number of hydrogen-bond acceptors (Lipinski definition) is 2. The summed E-state index contributed by atoms with van der Waals surface area (Å²) >= 11 is 0. The molecule has 0 atom stereocenters. The maximum Gasteiger partial charge on any atom is 0.353 e. The Morgan fingerprint density at radius 3 is 2.50 bits per heavy atom. The summed E-state index contributed by atoms with van der Waals surface area (Å²) in [5, 5.41) is 9.97. The van der Waals surface area contributed by atoms with Gasteiger partial charge in [-0.2, -0.15) is 0 Å². The van der Waals surface area contributed by atoms with Crippen LogP contribution in [0.2, 0.25) is 0 Å². The fourth-order valence-electron chi connectivity index (χ4n) is 2.32. The number of hydrogen-bond donors (Lipinski definition) is 1. The predicted molar refractivity (Wildman–Crippen MR) is 69.3 cm³/mol. The number of ketones is 1. The third-order valence-corrected chi connectivity index (χ3v) is 3.23. The number of aromatic nitrogens is 1. The number of carbonyl (C=O) groups is 2. The van der Waals surface area contributed by atoms with E-state index >= 15 is 0 Å². The lowest BCUT2D eigenvalue weighted by atomic mass is 10.0. The molecule has 0 aliphatic heterocycles. The summed E-state index contributed by atoms with van der Waals surface area (Å²) in [6, 6.07) is 5.73. The molecule has 0 unspecified atom stereocenters. The number of benzene rings is 1. The summed E-state index contributed by atoms with van der Waals surface area (Å²) < 4.78 is 1.56. The number of nitrogens with zero attached hydrogens (tertiary/aromatic N) is 1. The molecule has 0 amide bonds. The van der Waals surface area contributed by atoms with Crippen molar-refractivity contribution in [2.75, 3.05) is 0 Å². The Balaban J connectivity index is 2.92. The number of carboxylic acids is 1. The summed E-state index contributed by atoms with van der Waals surface area (Å²) in [6.45, 7) is 3.43. The van der Waals surface area contributed by atoms with Crippen LogP contribution in [0.3, 0.4) is 0 Å². The van der Waals surface area contributed by atoms with Crippen molar-refractivity contribution in [1.82, 2.24) is 4.57 Å². The molecule has 0 fully saturated rings. The minimum Gasteiger partial charge on any atom is -0.477 e. The van der Waals surface area contributed by atoms with E-state index in [0.29, 0.717) is 5.56 Å². The van der Waals surface area contributed by atoms with Gasteiger partial charge in [0, 0.05) is 18.0 Å². The van der Waals surface area contributed by atoms with Crippen molar-refractivity contribution in [3.8, 4) is 0 Å². The second kappa shape index (κ2) is 4.29. The molecule has 1 aromatic heterocycles. The van der Waals surface area contributed by atoms with Gasteiger partial charge in [0.25, 0.3) is 0 Å². The quantitative estimate of drug-likeness (QED) is 0.846. The standard InChI is InChI=1S/C14H15NO3/c1-4-9-5-6-11-10(7-9)12(8(2)16)13(14(17)18)15(11)3/h5-7H,4H2,1-3H3,(H,17,18). The first-order valence-electron chi connectivity index (χ1n) is 5.82. The number of aromatic carboxylic acids is 1. The third kappa shape index (κ3) is 1.70. The van der Waals surface area contributed by atoms with E-state index in [1.54, 1.807) is 11.6 Å². The van der Waals surface area contributed by atoms with Gasteiger partial charge in [0.15, 0.2) is 5.78 Å². The first-order chi connectivity index (χ1) is 8.47. The van der Waals surface area contributed by atoms with E-state index in [0.717, 1.165) is 22.9 Å². The molecule has 0 radical (unpaired) electrons. The first kappa shape index (κ1) is 12.4. The molecule has 1 aromatic carbocycles. The second-order valence-electron chi connectivity index (χ2n) is 4.35. The number of Topliss-reactive ketones (excluding diaryl/α,β-unsaturated/α-hetero) is 1. The Labute approximate surface area is 105 Å². The van der Waals surface area contributed by atoms with E-state index in [9.17, 15) is 14.7 Å². The van der Waals surface area contributed by atoms with Crippen molar-refractivity contribution in [1.29, 1.82) is 0 Å². The Morgan fingerprint density at radius 1 is 1.33 bits per heavy atom. The van der Waals surface area contributed by atoms with Crippen molar-refractivity contribution >= 4 is 22.7 Å². The van der Waals surface area contributed by atoms with Crippen LogP contribution < -0.4 is 0 Å². The highest BCUT2D eigenvalue weighted by molar-refractivity contribution is 6.14. The Hall–Kier alpha value is -2.10. The zero-order chi connectivity index (χ0) is 13.4. The van der Waals surface area contributed by atoms with E-state index in [-0.39, 0.29) is 11.5 Å². The summed E-state index contributed by atoms with van der Waals surface area (Å²) in [4.78, 5) is 23.0. The highest BCUT2D eigenvalue weighted by atomic mass is 16.4. The van der Waals surface area contributed by atoms with Crippen LogP contribution in [0.4, 0.5) is 0 Å². The van der Waals surface area contributed by atoms with Gasteiger partial charge >= 0.3 is 5.97 Å². The summed E-state index contributed by atoms with van der Waals surface area (Å²) in [6.07, 6.45) is 0.852. The average molecular weight is 245 g/mol. The van der Waals surface area contributed by atoms with Gasteiger partial charge in [0.2, 0.25) is 0 Å². The van der Waals surface area contributed by atoms with Gasteiger partial charge in [-0.15, -0.1) is 0 Å². The monoisotopic (exact) mass is 245 g/mol. The molecule has 94 valence electrons. The third-order valence-electron chi connectivity index (χ3n) is 3.23. The molecule has 0 saturated carbocycles. The molecule has 4 heteroatoms. The van der Waals surface area contributed by atoms with Gasteiger partial charge in [-0.3, -0.25) is 4.79 Å². The lowest BCUT2D eigenvalue weighted by Gasteiger charge is -2.00. The Morgan fingerprint density at radius 2 is 2.00 bits per heavy atom. The average Bonchev–Trinajstić information content (AvgIpc) is 2.62. The second-order valence-corrected chi connectivity index (χ2v) is 4.35. The topological polar surface area (TPSA) is 59.3 Å². The number of carboxylic acid groups (broad SMARTS) is 1. The van der Waals surface area contributed by atoms with Crippen LogP contribution in [0, 0.1) is 0 Å². The fraction of sp³-hybridized carbons (Fsp3) is 0.286. The van der Waals surface area contributed by atoms with Gasteiger partial charge < -0.3 is 9.67 Å². The van der Waals surface area contributed by atoms with Gasteiger partial charge in [-0.05, 0) is 31.0 Å². The first-order valence-corrected chi connectivity index (χ1v) is 5.82. The summed E-state index contributed by atoms with van der Waals surface area (Å²) in [7, 11) is 1.67. The molecule has 4 nitrogen and oxygen atoms in total. The van der Waals surface area contributed by atoms with Crippen molar-refractivity contribution in [3.05, 3.63) is 35.0 Å². The normalized spacial score (nSPS) is 10.8. The zero-order valence-corrected chi connectivity index (χ0v) is 10.7. The molecule has 0 saturated heterocycles. The fourth-order valence-corrected chi connectivity index (χ4v) is 2.32. The van der Waals surface area contributed by atoms with Crippen molar-refractivity contribution in [2.24, 2.45) is 7.05 Å². The molecule has 0 bridgehead atoms. The van der Waals surface area contributed by atoms with Crippen LogP contribution in [-0.4, -0.2) is 21.4 Å². The molecule has 2 rings (SSSR count). The smallest absolute Gasteiger partial charge is 0.353 e. The lowest BCUT2D eigenvalue weighted by molar-refractivity contribution is 0.0682. The van der Waals surface area contributed by atoms with E-state index in [2.05, 4.69) is 0 Å². The predicted octanol–water partition coefficient (Wildman–Crippen LogP) is 2.64. The number of aryl methyl sites for hydroxylation is 2. The van der Waals surface area contributed by atoms with Crippen LogP contribution in [0.25, 0.3) is 10.9 Å². The van der Waals surface area contributed by atoms with Crippen LogP contribution in [0.15, 0.2) is 18.2 Å². The molecular weight excluding hydrogens is 230 g/mol. The van der Waals surface area contributed by atoms with Crippen molar-refractivity contribution in [2.45, 2.75) is 20.3 Å². The van der Waals surface area contributed by atoms with E-state index in [4.69, 9.17) is 0 Å². The van der Waals surface area contributed by atoms with E-state index in [1.807, 2.05) is 25.1 Å². The largest absolute Gasteiger partial charge is 0.477 e. The minimum atomic E-state index is -1.07. The Kier molecular flexibility index (Phi) is 2.95. The molecule has 0 spiro atoms. The van der Waals surface area contributed by atoms with E-state index in [1.165, 1.54) is 6.92 Å². The summed E-state index contributed by atoms with van der Waals surface area (Å²) in [5.41, 5.74) is 2.23. The maximum atomic E-state index is 11.7. The zero-order valence-electron chi connectivity index (χ0n) is 10.7. The van der Waals surface area contributed by atoms with Crippen molar-refractivity contribution in [3.63, 3.8) is 0 Å². The number of carbonyl (C=O) groups excluding carboxylic acids is 1. The molecule has 0 aliphatic carbocycles. The Bertz CT molecular complexity index is 653. The van der Waals surface area contributed by atoms with Gasteiger partial charge in [-0.25, -0.2) is 4.79 Å². The minimum absolute atomic E-state index is 0.0609. The molecular formula is C14H15NO3. The molecule has 1 heterocycles. The molecule has 18 heavy (non-hydrogen) atoms. The van der Waals surface area contributed by atoms with Crippen molar-refractivity contribution < 1.29 is 14.7 Å². The highest BCUT2D eigenvalue weighted by Gasteiger charge is 2.23. The lowest BCUT2D eigenvalue weighted by Crippen LogP contribution is -2.09. The van der Waals surface area contributed by atoms with Crippen LogP contribution in [0.5, 0.6) is 0 Å². The summed E-state index contributed by atoms with van der Waals surface area (Å²) in [5.74, 6) is -1.29. The molecule has 2 aromatic rings. The highest BCUT2D eigenvalue weighted by Crippen LogP contribution is 2.27. The van der Waals surface area contributed by atoms with Gasteiger partial charge in [-0.1, -0.05) is 13.0 Å². The van der Waals surface area contributed by atoms with Gasteiger partial charge in [0.1, 0.15) is 5.69 Å². The molecule has 0 aliphatic rings. The van der Waals surface area contributed by atoms with Crippen LogP contribution in [-0.2, 0) is 13.5 Å². The number of rotatable bonds is 3. The maximum absolute atomic E-state index is 11.7. The molecule has 1 N–H and O–H groups in total. The van der Waals surface area contributed by atoms with Crippen LogP contribution >= 0.6 is 0 Å². The number of fused-ring (bicyclic) bond motifs is 1.